The zero-order valence-corrected chi connectivity index (χ0v) is 13.0. The zero-order valence-electron chi connectivity index (χ0n) is 10.9. The molecule has 0 heterocycles. The standard InChI is InChI=1S/C13H17IN2O3/c1-9(2)16(7-6-12(17)18)13(19)15-11-5-3-4-10(14)8-11/h3-5,8-9H,6-7H2,1-2H3,(H,15,19)(H,17,18). The number of carboxylic acids is 1. The van der Waals surface area contributed by atoms with Gasteiger partial charge in [-0.25, -0.2) is 4.79 Å². The van der Waals surface area contributed by atoms with Gasteiger partial charge < -0.3 is 15.3 Å². The van der Waals surface area contributed by atoms with Crippen molar-refractivity contribution in [2.75, 3.05) is 11.9 Å². The van der Waals surface area contributed by atoms with Gasteiger partial charge >= 0.3 is 12.0 Å². The molecule has 104 valence electrons. The number of nitrogens with one attached hydrogen (secondary N) is 1. The van der Waals surface area contributed by atoms with Gasteiger partial charge in [-0.2, -0.15) is 0 Å². The quantitative estimate of drug-likeness (QED) is 0.777. The minimum absolute atomic E-state index is 0.0536. The third-order valence-electron chi connectivity index (χ3n) is 2.53. The Morgan fingerprint density at radius 2 is 2.11 bits per heavy atom. The van der Waals surface area contributed by atoms with Crippen LogP contribution in [-0.4, -0.2) is 34.6 Å². The van der Waals surface area contributed by atoms with E-state index < -0.39 is 5.97 Å². The normalized spacial score (nSPS) is 10.3. The number of carbonyl (C=O) groups excluding carboxylic acids is 1. The Morgan fingerprint density at radius 3 is 2.63 bits per heavy atom. The van der Waals surface area contributed by atoms with Crippen LogP contribution < -0.4 is 5.32 Å². The summed E-state index contributed by atoms with van der Waals surface area (Å²) >= 11 is 2.17. The van der Waals surface area contributed by atoms with Crippen molar-refractivity contribution in [2.24, 2.45) is 0 Å². The summed E-state index contributed by atoms with van der Waals surface area (Å²) in [5, 5.41) is 11.5. The molecule has 2 N–H and O–H groups in total. The molecule has 2 amide bonds. The van der Waals surface area contributed by atoms with Crippen molar-refractivity contribution < 1.29 is 14.7 Å². The molecule has 0 aliphatic heterocycles. The molecular weight excluding hydrogens is 359 g/mol. The highest BCUT2D eigenvalue weighted by atomic mass is 127. The molecule has 1 aromatic carbocycles. The van der Waals surface area contributed by atoms with E-state index in [4.69, 9.17) is 5.11 Å². The number of nitrogens with zero attached hydrogens (tertiary/aromatic N) is 1. The maximum Gasteiger partial charge on any atom is 0.322 e. The lowest BCUT2D eigenvalue weighted by Gasteiger charge is -2.26. The molecular formula is C13H17IN2O3. The maximum absolute atomic E-state index is 12.1. The summed E-state index contributed by atoms with van der Waals surface area (Å²) in [5.41, 5.74) is 0.706. The van der Waals surface area contributed by atoms with E-state index >= 15 is 0 Å². The molecule has 1 rings (SSSR count). The monoisotopic (exact) mass is 376 g/mol. The fourth-order valence-electron chi connectivity index (χ4n) is 1.57. The molecule has 0 radical (unpaired) electrons. The van der Waals surface area contributed by atoms with Crippen molar-refractivity contribution >= 4 is 40.3 Å². The second kappa shape index (κ2) is 7.32. The Labute approximate surface area is 126 Å². The fraction of sp³-hybridized carbons (Fsp3) is 0.385. The number of benzene rings is 1. The van der Waals surface area contributed by atoms with Crippen molar-refractivity contribution in [1.82, 2.24) is 4.90 Å². The van der Waals surface area contributed by atoms with E-state index in [1.807, 2.05) is 32.0 Å². The Kier molecular flexibility index (Phi) is 6.07. The van der Waals surface area contributed by atoms with Crippen LogP contribution in [0.15, 0.2) is 24.3 Å². The van der Waals surface area contributed by atoms with Crippen LogP contribution in [0, 0.1) is 3.57 Å². The molecule has 0 spiro atoms. The van der Waals surface area contributed by atoms with E-state index in [-0.39, 0.29) is 25.0 Å². The van der Waals surface area contributed by atoms with Crippen LogP contribution >= 0.6 is 22.6 Å². The van der Waals surface area contributed by atoms with Gasteiger partial charge in [0.05, 0.1) is 6.42 Å². The van der Waals surface area contributed by atoms with E-state index in [0.717, 1.165) is 3.57 Å². The zero-order chi connectivity index (χ0) is 14.4. The van der Waals surface area contributed by atoms with Crippen molar-refractivity contribution in [3.05, 3.63) is 27.8 Å². The molecule has 0 saturated carbocycles. The molecule has 19 heavy (non-hydrogen) atoms. The van der Waals surface area contributed by atoms with Crippen LogP contribution in [0.25, 0.3) is 0 Å². The number of carbonyl (C=O) groups is 2. The van der Waals surface area contributed by atoms with E-state index in [2.05, 4.69) is 27.9 Å². The van der Waals surface area contributed by atoms with Crippen LogP contribution in [-0.2, 0) is 4.79 Å². The van der Waals surface area contributed by atoms with E-state index in [0.29, 0.717) is 5.69 Å². The summed E-state index contributed by atoms with van der Waals surface area (Å²) in [6, 6.07) is 7.11. The number of hydrogen-bond donors (Lipinski definition) is 2. The summed E-state index contributed by atoms with van der Waals surface area (Å²) in [7, 11) is 0. The molecule has 0 aromatic heterocycles. The van der Waals surface area contributed by atoms with Crippen molar-refractivity contribution in [1.29, 1.82) is 0 Å². The average molecular weight is 376 g/mol. The van der Waals surface area contributed by atoms with Crippen LogP contribution in [0.2, 0.25) is 0 Å². The van der Waals surface area contributed by atoms with Crippen molar-refractivity contribution in [2.45, 2.75) is 26.3 Å². The van der Waals surface area contributed by atoms with Crippen molar-refractivity contribution in [3.8, 4) is 0 Å². The van der Waals surface area contributed by atoms with Crippen LogP contribution in [0.4, 0.5) is 10.5 Å². The van der Waals surface area contributed by atoms with Crippen molar-refractivity contribution in [3.63, 3.8) is 0 Å². The highest BCUT2D eigenvalue weighted by Crippen LogP contribution is 2.13. The summed E-state index contributed by atoms with van der Waals surface area (Å²) in [6.07, 6.45) is -0.0576. The van der Waals surface area contributed by atoms with Crippen LogP contribution in [0.1, 0.15) is 20.3 Å². The highest BCUT2D eigenvalue weighted by Gasteiger charge is 2.17. The van der Waals surface area contributed by atoms with Gasteiger partial charge in [0.1, 0.15) is 0 Å². The number of rotatable bonds is 5. The number of aliphatic carboxylic acids is 1. The molecule has 0 aliphatic rings. The third kappa shape index (κ3) is 5.46. The average Bonchev–Trinajstić information content (AvgIpc) is 2.28. The predicted octanol–water partition coefficient (Wildman–Crippen LogP) is 3.01. The highest BCUT2D eigenvalue weighted by molar-refractivity contribution is 14.1. The van der Waals surface area contributed by atoms with Crippen LogP contribution in [0.5, 0.6) is 0 Å². The molecule has 1 aromatic rings. The predicted molar refractivity (Wildman–Crippen MR) is 82.3 cm³/mol. The van der Waals surface area contributed by atoms with Gasteiger partial charge in [-0.05, 0) is 54.6 Å². The second-order valence-electron chi connectivity index (χ2n) is 4.37. The molecule has 5 nitrogen and oxygen atoms in total. The number of urea groups is 1. The molecule has 0 atom stereocenters. The van der Waals surface area contributed by atoms with Gasteiger partial charge in [-0.15, -0.1) is 0 Å². The first-order valence-corrected chi connectivity index (χ1v) is 7.03. The smallest absolute Gasteiger partial charge is 0.322 e. The second-order valence-corrected chi connectivity index (χ2v) is 5.62. The number of hydrogen-bond acceptors (Lipinski definition) is 2. The maximum atomic E-state index is 12.1. The number of carboxylic acid groups (broad SMARTS) is 1. The number of amides is 2. The molecule has 0 unspecified atom stereocenters. The largest absolute Gasteiger partial charge is 0.481 e. The van der Waals surface area contributed by atoms with Crippen LogP contribution in [0.3, 0.4) is 0 Å². The Bertz CT molecular complexity index is 463. The van der Waals surface area contributed by atoms with E-state index in [1.165, 1.54) is 4.90 Å². The van der Waals surface area contributed by atoms with E-state index in [1.54, 1.807) is 6.07 Å². The summed E-state index contributed by atoms with van der Waals surface area (Å²) in [5.74, 6) is -0.910. The molecule has 0 aliphatic carbocycles. The Balaban J connectivity index is 2.69. The lowest BCUT2D eigenvalue weighted by Crippen LogP contribution is -2.41. The number of halogens is 1. The minimum Gasteiger partial charge on any atom is -0.481 e. The first-order chi connectivity index (χ1) is 8.90. The first kappa shape index (κ1) is 15.7. The first-order valence-electron chi connectivity index (χ1n) is 5.95. The molecule has 0 fully saturated rings. The molecule has 6 heteroatoms. The summed E-state index contributed by atoms with van der Waals surface area (Å²) in [6.45, 7) is 3.91. The van der Waals surface area contributed by atoms with Gasteiger partial charge in [0, 0.05) is 21.8 Å². The van der Waals surface area contributed by atoms with Gasteiger partial charge in [0.15, 0.2) is 0 Å². The third-order valence-corrected chi connectivity index (χ3v) is 3.20. The number of anilines is 1. The Morgan fingerprint density at radius 1 is 1.42 bits per heavy atom. The lowest BCUT2D eigenvalue weighted by molar-refractivity contribution is -0.137. The van der Waals surface area contributed by atoms with Gasteiger partial charge in [-0.3, -0.25) is 4.79 Å². The summed E-state index contributed by atoms with van der Waals surface area (Å²) < 4.78 is 1.03. The molecule has 0 saturated heterocycles. The Hall–Kier alpha value is -1.31. The fourth-order valence-corrected chi connectivity index (χ4v) is 2.11. The SMILES string of the molecule is CC(C)N(CCC(=O)O)C(=O)Nc1cccc(I)c1. The molecule has 0 bridgehead atoms. The summed E-state index contributed by atoms with van der Waals surface area (Å²) in [4.78, 5) is 24.2. The van der Waals surface area contributed by atoms with Gasteiger partial charge in [-0.1, -0.05) is 6.07 Å². The lowest BCUT2D eigenvalue weighted by atomic mass is 10.3. The van der Waals surface area contributed by atoms with E-state index in [9.17, 15) is 9.59 Å². The minimum atomic E-state index is -0.910. The topological polar surface area (TPSA) is 69.6 Å². The van der Waals surface area contributed by atoms with Gasteiger partial charge in [0.25, 0.3) is 0 Å². The van der Waals surface area contributed by atoms with Gasteiger partial charge in [0.2, 0.25) is 0 Å².